The number of Topliss-reactive ketones (excluding diaryl/α,β-unsaturated/α-hetero) is 4. The first-order valence-electron chi connectivity index (χ1n) is 42.7. The Balaban J connectivity index is 0.000000151. The molecule has 8 heterocycles. The number of ether oxygens (including phenoxy) is 1. The van der Waals surface area contributed by atoms with Gasteiger partial charge < -0.3 is 25.6 Å². The minimum absolute atomic E-state index is 0.0535. The maximum absolute atomic E-state index is 12.7. The third-order valence-corrected chi connectivity index (χ3v) is 26.9. The van der Waals surface area contributed by atoms with Gasteiger partial charge in [-0.05, 0) is 270 Å². The molecule has 0 aromatic heterocycles. The summed E-state index contributed by atoms with van der Waals surface area (Å²) in [5.74, 6) is -0.708. The van der Waals surface area contributed by atoms with Crippen LogP contribution in [0.5, 0.6) is 0 Å². The molecule has 2 amide bonds. The Hall–Kier alpha value is -8.91. The van der Waals surface area contributed by atoms with Gasteiger partial charge in [-0.1, -0.05) is 224 Å². The summed E-state index contributed by atoms with van der Waals surface area (Å²) in [5.41, 5.74) is 16.1. The van der Waals surface area contributed by atoms with Crippen LogP contribution in [0.4, 0.5) is 0 Å². The second kappa shape index (κ2) is 35.5. The maximum atomic E-state index is 12.7. The first kappa shape index (κ1) is 96.3. The molecular weight excluding hydrogens is 1650 g/mol. The maximum Gasteiger partial charge on any atom is 0.261 e. The Morgan fingerprint density at radius 2 is 0.618 bits per heavy atom. The highest BCUT2D eigenvalue weighted by Crippen LogP contribution is 2.54. The predicted octanol–water partition coefficient (Wildman–Crippen LogP) is 22.6. The smallest absolute Gasteiger partial charge is 0.261 e. The number of nitrogens with one attached hydrogen (secondary N) is 1. The zero-order chi connectivity index (χ0) is 91.5. The second-order valence-corrected chi connectivity index (χ2v) is 39.8. The minimum atomic E-state index is -0.472. The van der Waals surface area contributed by atoms with Crippen molar-refractivity contribution in [3.05, 3.63) is 318 Å². The average Bonchev–Trinajstić information content (AvgIpc) is 1.57. The molecule has 1 saturated heterocycles. The molecule has 0 saturated carbocycles. The number of amides is 2. The second-order valence-electron chi connectivity index (χ2n) is 39.0. The summed E-state index contributed by atoms with van der Waals surface area (Å²) in [5, 5.41) is 50.4. The van der Waals surface area contributed by atoms with Gasteiger partial charge in [-0.25, -0.2) is 0 Å². The van der Waals surface area contributed by atoms with Crippen molar-refractivity contribution in [3.8, 4) is 0 Å². The fourth-order valence-electron chi connectivity index (χ4n) is 19.5. The number of ketones is 4. The lowest BCUT2D eigenvalue weighted by Crippen LogP contribution is -2.48. The van der Waals surface area contributed by atoms with Gasteiger partial charge in [0.1, 0.15) is 6.10 Å². The van der Waals surface area contributed by atoms with E-state index < -0.39 is 34.0 Å². The fraction of sp³-hybridized carbons (Fsp3) is 0.423. The number of carbonyl (C=O) groups excluding carboxylic acids is 6. The van der Waals surface area contributed by atoms with E-state index in [1.807, 2.05) is 190 Å². The summed E-state index contributed by atoms with van der Waals surface area (Å²) in [6.07, 6.45) is 0.270. The lowest BCUT2D eigenvalue weighted by molar-refractivity contribution is -0.216. The third-order valence-electron chi connectivity index (χ3n) is 26.2. The zero-order valence-electron chi connectivity index (χ0n) is 77.3. The molecule has 8 aliphatic rings. The van der Waals surface area contributed by atoms with E-state index in [0.29, 0.717) is 33.2 Å². The molecule has 17 rings (SSSR count). The van der Waals surface area contributed by atoms with E-state index in [1.54, 1.807) is 61.5 Å². The molecule has 123 heavy (non-hydrogen) atoms. The van der Waals surface area contributed by atoms with Crippen molar-refractivity contribution in [2.45, 2.75) is 260 Å². The quantitative estimate of drug-likeness (QED) is 0.0282. The van der Waals surface area contributed by atoms with Crippen LogP contribution in [-0.2, 0) is 71.2 Å². The Morgan fingerprint density at radius 3 is 0.959 bits per heavy atom. The van der Waals surface area contributed by atoms with Gasteiger partial charge in [-0.15, -0.1) is 0 Å². The number of rotatable bonds is 10. The van der Waals surface area contributed by atoms with Crippen molar-refractivity contribution in [1.82, 2.24) is 35.4 Å². The number of alkyl halides is 1. The molecule has 1 atom stereocenters. The summed E-state index contributed by atoms with van der Waals surface area (Å²) >= 11 is 2.08. The molecule has 654 valence electrons. The van der Waals surface area contributed by atoms with Crippen LogP contribution in [0.25, 0.3) is 0 Å². The number of hydrogen-bond acceptors (Lipinski definition) is 17. The van der Waals surface area contributed by atoms with Gasteiger partial charge in [-0.2, -0.15) is 20.3 Å². The van der Waals surface area contributed by atoms with Crippen molar-refractivity contribution in [2.24, 2.45) is 0 Å². The number of nitrogens with zero attached hydrogens (tertiary/aromatic N) is 6. The number of hydroxylamine groups is 8. The van der Waals surface area contributed by atoms with Crippen LogP contribution in [-0.4, -0.2) is 110 Å². The van der Waals surface area contributed by atoms with Crippen molar-refractivity contribution in [3.63, 3.8) is 0 Å². The fourth-order valence-corrected chi connectivity index (χ4v) is 19.9. The summed E-state index contributed by atoms with van der Waals surface area (Å²) in [6.45, 7) is 56.5. The minimum Gasteiger partial charge on any atom is -0.368 e. The zero-order valence-corrected chi connectivity index (χ0v) is 79.5. The molecule has 1 fully saturated rings. The summed E-state index contributed by atoms with van der Waals surface area (Å²) in [4.78, 5) is 75.6. The highest BCUT2D eigenvalue weighted by atomic mass is 127. The van der Waals surface area contributed by atoms with E-state index >= 15 is 0 Å². The Kier molecular flexibility index (Phi) is 27.8. The molecule has 9 aromatic rings. The normalized spacial score (nSPS) is 20.7. The largest absolute Gasteiger partial charge is 0.368 e. The standard InChI is InChI=1S/C20H23NO.C16H11NO3.C14H18INO2.2C14H19NO2.C12H17NO.C12H17N.C2H6/c1-19(2)16-12-8-9-13-17(16)20(3,4)21(19)14-18(22)15-10-6-5-7-11-15;18-14(11-6-2-1-3-7-11)10-17-15(19)12-8-4-5-9-13(12)16(17)20;1-13(2)10-6-5-9(12(17)8-15)7-11(10)14(3,4)16(13)18;1-13(2)10-6-5-9(12-8-17-12)7-11(10)14(3,4)15(13)16;1-9(16)10-6-7-11-12(8-10)14(4,5)15(17)13(11,2)3;1-11(2)9-7-5-6-8-10(9)12(3,4)13(11)14;1-11(2)9-7-5-6-8-10(9)12(3,4)13-11;1-2/h5-13H,14H2,1-4H3;1-9H,10H2;5-7,18H,8H2,1-4H3;5-7,12,16H,8H2,1-4H3;6-8,17H,1-5H3;5-8,14H,1-4H3;5-8,13H,1-4H3;1-2H3. The van der Waals surface area contributed by atoms with Gasteiger partial charge in [0, 0.05) is 44.4 Å². The lowest BCUT2D eigenvalue weighted by Gasteiger charge is -2.40. The highest BCUT2D eigenvalue weighted by Gasteiger charge is 2.54. The number of epoxide rings is 1. The van der Waals surface area contributed by atoms with E-state index in [0.717, 1.165) is 44.9 Å². The van der Waals surface area contributed by atoms with Gasteiger partial charge in [-0.3, -0.25) is 43.9 Å². The van der Waals surface area contributed by atoms with Gasteiger partial charge in [0.05, 0.1) is 79.6 Å². The van der Waals surface area contributed by atoms with E-state index in [1.165, 1.54) is 70.3 Å². The highest BCUT2D eigenvalue weighted by molar-refractivity contribution is 14.1. The number of benzene rings is 9. The number of imide groups is 1. The SMILES string of the molecule is CC.CC(=O)c1ccc2c(c1)C(C)(C)N(O)C2(C)C.CC1(C)NC(C)(C)c2ccccc21.CC1(C)c2ccc(C(=O)CI)cc2C(C)(C)N1O.CC1(C)c2ccc(C3CO3)cc2C(C)(C)N1O.CC1(C)c2ccccc2C(C)(C)N1CC(=O)c1ccccc1.CC1(C)c2ccccc2C(C)(C)N1O.O=C(CN1C(=O)c2ccccc2C1=O)c1ccccc1. The van der Waals surface area contributed by atoms with Crippen molar-refractivity contribution in [2.75, 3.05) is 24.1 Å². The lowest BCUT2D eigenvalue weighted by atomic mass is 9.89. The summed E-state index contributed by atoms with van der Waals surface area (Å²) < 4.78 is 5.80. The van der Waals surface area contributed by atoms with E-state index in [-0.39, 0.29) is 80.1 Å². The molecule has 9 aromatic carbocycles. The molecule has 0 spiro atoms. The number of halogens is 1. The summed E-state index contributed by atoms with van der Waals surface area (Å²) in [6, 6.07) is 68.1. The predicted molar refractivity (Wildman–Crippen MR) is 496 cm³/mol. The van der Waals surface area contributed by atoms with Crippen LogP contribution in [0.2, 0.25) is 0 Å². The van der Waals surface area contributed by atoms with Crippen LogP contribution >= 0.6 is 22.6 Å². The van der Waals surface area contributed by atoms with Crippen LogP contribution < -0.4 is 5.32 Å². The van der Waals surface area contributed by atoms with E-state index in [9.17, 15) is 49.6 Å². The molecular formula is C104H130IN7O11. The molecule has 18 nitrogen and oxygen atoms in total. The molecule has 0 aliphatic carbocycles. The molecule has 5 N–H and O–H groups in total. The van der Waals surface area contributed by atoms with Crippen molar-refractivity contribution < 1.29 is 54.3 Å². The van der Waals surface area contributed by atoms with Crippen molar-refractivity contribution in [1.29, 1.82) is 0 Å². The number of fused-ring (bicyclic) bond motifs is 7. The molecule has 0 radical (unpaired) electrons. The van der Waals surface area contributed by atoms with Gasteiger partial charge in [0.2, 0.25) is 0 Å². The van der Waals surface area contributed by atoms with Gasteiger partial charge in [0.25, 0.3) is 11.8 Å². The van der Waals surface area contributed by atoms with E-state index in [4.69, 9.17) is 4.74 Å². The first-order valence-corrected chi connectivity index (χ1v) is 44.3. The molecule has 0 bridgehead atoms. The third kappa shape index (κ3) is 18.2. The topological polar surface area (TPSA) is 227 Å². The van der Waals surface area contributed by atoms with E-state index in [2.05, 4.69) is 181 Å². The van der Waals surface area contributed by atoms with Crippen LogP contribution in [0.15, 0.2) is 212 Å². The average molecular weight is 1780 g/mol. The van der Waals surface area contributed by atoms with Crippen LogP contribution in [0, 0.1) is 0 Å². The number of hydrogen-bond donors (Lipinski definition) is 5. The number of carbonyl (C=O) groups is 6. The molecule has 19 heteroatoms. The summed E-state index contributed by atoms with van der Waals surface area (Å²) in [7, 11) is 0. The van der Waals surface area contributed by atoms with Gasteiger partial charge >= 0.3 is 0 Å². The van der Waals surface area contributed by atoms with Crippen LogP contribution in [0.1, 0.15) is 328 Å². The van der Waals surface area contributed by atoms with Crippen molar-refractivity contribution >= 4 is 57.5 Å². The Bertz CT molecular complexity index is 5310. The van der Waals surface area contributed by atoms with Gasteiger partial charge in [0.15, 0.2) is 23.1 Å². The molecule has 8 aliphatic heterocycles. The Morgan fingerprint density at radius 1 is 0.341 bits per heavy atom. The first-order chi connectivity index (χ1) is 57.1. The monoisotopic (exact) mass is 1780 g/mol. The molecule has 1 unspecified atom stereocenters. The Labute approximate surface area is 744 Å². The van der Waals surface area contributed by atoms with Crippen LogP contribution in [0.3, 0.4) is 0 Å².